The first-order valence-corrected chi connectivity index (χ1v) is 12.5. The van der Waals surface area contributed by atoms with Gasteiger partial charge in [-0.3, -0.25) is 9.59 Å². The molecule has 4 unspecified atom stereocenters. The summed E-state index contributed by atoms with van der Waals surface area (Å²) < 4.78 is 5.54. The van der Waals surface area contributed by atoms with Crippen LogP contribution in [0.4, 0.5) is 4.79 Å². The topological polar surface area (TPSA) is 95.9 Å². The molecule has 2 saturated carbocycles. The summed E-state index contributed by atoms with van der Waals surface area (Å²) in [5.41, 5.74) is 4.42. The monoisotopic (exact) mass is 476 g/mol. The molecule has 0 spiro atoms. The van der Waals surface area contributed by atoms with E-state index in [0.717, 1.165) is 34.6 Å². The molecule has 3 aliphatic carbocycles. The van der Waals surface area contributed by atoms with Gasteiger partial charge in [-0.25, -0.2) is 4.79 Å². The Bertz CT molecular complexity index is 1090. The third-order valence-electron chi connectivity index (χ3n) is 8.08. The first kappa shape index (κ1) is 23.4. The minimum absolute atomic E-state index is 0.106. The van der Waals surface area contributed by atoms with Crippen LogP contribution in [-0.4, -0.2) is 54.2 Å². The van der Waals surface area contributed by atoms with Gasteiger partial charge in [0.1, 0.15) is 12.6 Å². The van der Waals surface area contributed by atoms with E-state index in [1.165, 1.54) is 19.3 Å². The molecular weight excluding hydrogens is 444 g/mol. The Morgan fingerprint density at radius 3 is 2.26 bits per heavy atom. The highest BCUT2D eigenvalue weighted by Crippen LogP contribution is 2.48. The molecule has 0 heterocycles. The van der Waals surface area contributed by atoms with Gasteiger partial charge in [-0.05, 0) is 59.3 Å². The number of benzene rings is 2. The van der Waals surface area contributed by atoms with Crippen molar-refractivity contribution in [1.82, 2.24) is 10.2 Å². The second-order valence-corrected chi connectivity index (χ2v) is 10.3. The summed E-state index contributed by atoms with van der Waals surface area (Å²) in [4.78, 5) is 38.8. The molecule has 2 bridgehead atoms. The fourth-order valence-electron chi connectivity index (χ4n) is 6.46. The number of likely N-dealkylation sites (N-methyl/N-ethyl adjacent to an activating group) is 1. The number of hydrogen-bond donors (Lipinski definition) is 2. The average molecular weight is 477 g/mol. The zero-order valence-electron chi connectivity index (χ0n) is 20.0. The van der Waals surface area contributed by atoms with Gasteiger partial charge in [0.15, 0.2) is 0 Å². The second-order valence-electron chi connectivity index (χ2n) is 10.3. The fraction of sp³-hybridized carbons (Fsp3) is 0.464. The Morgan fingerprint density at radius 1 is 1.03 bits per heavy atom. The molecular formula is C28H32N2O5. The standard InChI is InChI=1S/C28H32N2O5/c1-30(15-19-13-17-10-11-18(19)12-17)27(33)25(14-26(31)32)29-28(34)35-16-24-22-8-4-2-6-20(22)21-7-3-5-9-23(21)24/h2-9,17-19,24-25H,10-16H2,1H3,(H,29,34)(H,31,32). The van der Waals surface area contributed by atoms with Crippen molar-refractivity contribution in [3.8, 4) is 11.1 Å². The van der Waals surface area contributed by atoms with Crippen molar-refractivity contribution in [3.63, 3.8) is 0 Å². The van der Waals surface area contributed by atoms with Crippen molar-refractivity contribution in [2.24, 2.45) is 17.8 Å². The molecule has 0 aliphatic heterocycles. The number of fused-ring (bicyclic) bond motifs is 5. The molecule has 0 aromatic heterocycles. The molecule has 4 atom stereocenters. The highest BCUT2D eigenvalue weighted by atomic mass is 16.5. The Kier molecular flexibility index (Phi) is 6.50. The van der Waals surface area contributed by atoms with Crippen LogP contribution in [0.5, 0.6) is 0 Å². The van der Waals surface area contributed by atoms with E-state index < -0.39 is 24.5 Å². The maximum Gasteiger partial charge on any atom is 0.407 e. The van der Waals surface area contributed by atoms with E-state index in [4.69, 9.17) is 4.74 Å². The number of nitrogens with zero attached hydrogens (tertiary/aromatic N) is 1. The zero-order valence-corrected chi connectivity index (χ0v) is 20.0. The Morgan fingerprint density at radius 2 is 1.69 bits per heavy atom. The van der Waals surface area contributed by atoms with Crippen LogP contribution in [-0.2, 0) is 14.3 Å². The molecule has 0 saturated heterocycles. The lowest BCUT2D eigenvalue weighted by molar-refractivity contribution is -0.142. The number of carboxylic acid groups (broad SMARTS) is 1. The maximum absolute atomic E-state index is 13.1. The Balaban J connectivity index is 1.21. The van der Waals surface area contributed by atoms with E-state index in [9.17, 15) is 19.5 Å². The summed E-state index contributed by atoms with van der Waals surface area (Å²) in [6.07, 6.45) is 3.61. The summed E-state index contributed by atoms with van der Waals surface area (Å²) in [5, 5.41) is 11.9. The van der Waals surface area contributed by atoms with Crippen molar-refractivity contribution in [1.29, 1.82) is 0 Å². The number of carboxylic acids is 1. The molecule has 5 rings (SSSR count). The van der Waals surface area contributed by atoms with Gasteiger partial charge in [-0.2, -0.15) is 0 Å². The van der Waals surface area contributed by atoms with Crippen LogP contribution in [0.25, 0.3) is 11.1 Å². The molecule has 0 radical (unpaired) electrons. The van der Waals surface area contributed by atoms with Crippen molar-refractivity contribution in [2.75, 3.05) is 20.2 Å². The fourth-order valence-corrected chi connectivity index (χ4v) is 6.46. The molecule has 7 heteroatoms. The summed E-state index contributed by atoms with van der Waals surface area (Å²) >= 11 is 0. The van der Waals surface area contributed by atoms with Crippen LogP contribution in [0.2, 0.25) is 0 Å². The SMILES string of the molecule is CN(CC1CC2CCC1C2)C(=O)C(CC(=O)O)NC(=O)OCC1c2ccccc2-c2ccccc21. The first-order valence-electron chi connectivity index (χ1n) is 12.5. The lowest BCUT2D eigenvalue weighted by Gasteiger charge is -2.29. The van der Waals surface area contributed by atoms with Crippen LogP contribution >= 0.6 is 0 Å². The number of ether oxygens (including phenoxy) is 1. The normalized spacial score (nSPS) is 22.8. The summed E-state index contributed by atoms with van der Waals surface area (Å²) in [7, 11) is 1.70. The average Bonchev–Trinajstić information content (AvgIpc) is 3.55. The van der Waals surface area contributed by atoms with Crippen LogP contribution in [0.15, 0.2) is 48.5 Å². The van der Waals surface area contributed by atoms with Crippen LogP contribution in [0.1, 0.15) is 49.1 Å². The molecule has 3 aliphatic rings. The van der Waals surface area contributed by atoms with E-state index >= 15 is 0 Å². The largest absolute Gasteiger partial charge is 0.481 e. The van der Waals surface area contributed by atoms with Gasteiger partial charge in [0.05, 0.1) is 6.42 Å². The minimum atomic E-state index is -1.16. The Labute approximate surface area is 205 Å². The number of carbonyl (C=O) groups excluding carboxylic acids is 2. The van der Waals surface area contributed by atoms with E-state index in [0.29, 0.717) is 18.4 Å². The third kappa shape index (κ3) is 4.77. The lowest BCUT2D eigenvalue weighted by atomic mass is 9.88. The number of amides is 2. The molecule has 2 fully saturated rings. The predicted molar refractivity (Wildman–Crippen MR) is 131 cm³/mol. The highest BCUT2D eigenvalue weighted by molar-refractivity contribution is 5.89. The summed E-state index contributed by atoms with van der Waals surface area (Å²) in [6.45, 7) is 0.706. The molecule has 2 aromatic carbocycles. The van der Waals surface area contributed by atoms with Gasteiger partial charge < -0.3 is 20.1 Å². The van der Waals surface area contributed by atoms with Crippen molar-refractivity contribution < 1.29 is 24.2 Å². The van der Waals surface area contributed by atoms with Gasteiger partial charge in [0.25, 0.3) is 0 Å². The lowest BCUT2D eigenvalue weighted by Crippen LogP contribution is -2.49. The van der Waals surface area contributed by atoms with Crippen molar-refractivity contribution in [2.45, 2.75) is 44.1 Å². The molecule has 2 N–H and O–H groups in total. The molecule has 2 aromatic rings. The van der Waals surface area contributed by atoms with Gasteiger partial charge in [-0.15, -0.1) is 0 Å². The van der Waals surface area contributed by atoms with Crippen molar-refractivity contribution >= 4 is 18.0 Å². The van der Waals surface area contributed by atoms with Gasteiger partial charge >= 0.3 is 12.1 Å². The van der Waals surface area contributed by atoms with Crippen LogP contribution < -0.4 is 5.32 Å². The van der Waals surface area contributed by atoms with E-state index in [2.05, 4.69) is 17.4 Å². The van der Waals surface area contributed by atoms with Gasteiger partial charge in [0, 0.05) is 19.5 Å². The minimum Gasteiger partial charge on any atom is -0.481 e. The molecule has 184 valence electrons. The van der Waals surface area contributed by atoms with E-state index in [1.54, 1.807) is 11.9 Å². The van der Waals surface area contributed by atoms with E-state index in [1.807, 2.05) is 36.4 Å². The summed E-state index contributed by atoms with van der Waals surface area (Å²) in [5.74, 6) is 0.245. The second kappa shape index (κ2) is 9.72. The van der Waals surface area contributed by atoms with Gasteiger partial charge in [0.2, 0.25) is 5.91 Å². The number of aliphatic carboxylic acids is 1. The quantitative estimate of drug-likeness (QED) is 0.593. The predicted octanol–water partition coefficient (Wildman–Crippen LogP) is 4.26. The first-order chi connectivity index (χ1) is 16.9. The highest BCUT2D eigenvalue weighted by Gasteiger charge is 2.41. The molecule has 7 nitrogen and oxygen atoms in total. The number of alkyl carbamates (subject to hydrolysis) is 1. The maximum atomic E-state index is 13.1. The van der Waals surface area contributed by atoms with Crippen LogP contribution in [0.3, 0.4) is 0 Å². The smallest absolute Gasteiger partial charge is 0.407 e. The number of carbonyl (C=O) groups is 3. The molecule has 2 amide bonds. The third-order valence-corrected chi connectivity index (χ3v) is 8.08. The number of nitrogens with one attached hydrogen (secondary N) is 1. The van der Waals surface area contributed by atoms with E-state index in [-0.39, 0.29) is 18.4 Å². The number of rotatable bonds is 8. The summed E-state index contributed by atoms with van der Waals surface area (Å²) in [6, 6.07) is 14.9. The van der Waals surface area contributed by atoms with Crippen LogP contribution in [0, 0.1) is 17.8 Å². The van der Waals surface area contributed by atoms with Gasteiger partial charge in [-0.1, -0.05) is 55.0 Å². The van der Waals surface area contributed by atoms with Crippen molar-refractivity contribution in [3.05, 3.63) is 59.7 Å². The number of hydrogen-bond acceptors (Lipinski definition) is 4. The zero-order chi connectivity index (χ0) is 24.5. The molecule has 35 heavy (non-hydrogen) atoms. The Hall–Kier alpha value is -3.35.